The number of aryl methyl sites for hydroxylation is 1. The molecule has 0 spiro atoms. The molecule has 6 nitrogen and oxygen atoms in total. The summed E-state index contributed by atoms with van der Waals surface area (Å²) in [5.41, 5.74) is 2.41. The van der Waals surface area contributed by atoms with Crippen LogP contribution in [0.25, 0.3) is 22.4 Å². The highest BCUT2D eigenvalue weighted by Crippen LogP contribution is 2.23. The van der Waals surface area contributed by atoms with Gasteiger partial charge in [-0.05, 0) is 30.7 Å². The van der Waals surface area contributed by atoms with E-state index in [1.807, 2.05) is 30.3 Å². The number of rotatable bonds is 4. The van der Waals surface area contributed by atoms with E-state index in [0.717, 1.165) is 16.5 Å². The molecule has 2 aromatic carbocycles. The number of nitrogens with zero attached hydrogens (tertiary/aromatic N) is 4. The molecule has 0 atom stereocenters. The van der Waals surface area contributed by atoms with Crippen molar-refractivity contribution < 1.29 is 4.39 Å². The number of benzene rings is 2. The van der Waals surface area contributed by atoms with Crippen molar-refractivity contribution in [3.05, 3.63) is 65.7 Å². The lowest BCUT2D eigenvalue weighted by molar-refractivity contribution is 0.626. The zero-order chi connectivity index (χ0) is 17.2. The van der Waals surface area contributed by atoms with E-state index in [1.54, 1.807) is 13.0 Å². The molecule has 7 heteroatoms. The first-order valence-corrected chi connectivity index (χ1v) is 7.83. The Labute approximate surface area is 143 Å². The number of fused-ring (bicyclic) bond motifs is 1. The van der Waals surface area contributed by atoms with Gasteiger partial charge in [-0.2, -0.15) is 15.1 Å². The van der Waals surface area contributed by atoms with Gasteiger partial charge in [0.1, 0.15) is 17.3 Å². The highest BCUT2D eigenvalue weighted by Gasteiger charge is 2.13. The summed E-state index contributed by atoms with van der Waals surface area (Å²) in [6.07, 6.45) is 0. The number of halogens is 1. The summed E-state index contributed by atoms with van der Waals surface area (Å²) in [6, 6.07) is 14.2. The predicted molar refractivity (Wildman–Crippen MR) is 93.4 cm³/mol. The normalized spacial score (nSPS) is 11.0. The van der Waals surface area contributed by atoms with Crippen molar-refractivity contribution in [3.8, 4) is 11.5 Å². The molecular formula is C18H15FN6. The standard InChI is InChI=1S/C18H15FN6/c1-11-21-17(16-14-7-2-3-8-15(14)24-25-16)23-18(22-11)20-10-12-5-4-6-13(19)9-12/h2-9H,10H2,1H3,(H,24,25)(H,20,21,22,23). The van der Waals surface area contributed by atoms with Crippen LogP contribution in [0.2, 0.25) is 0 Å². The smallest absolute Gasteiger partial charge is 0.226 e. The third-order valence-corrected chi connectivity index (χ3v) is 3.77. The number of aromatic nitrogens is 5. The van der Waals surface area contributed by atoms with Gasteiger partial charge in [-0.3, -0.25) is 5.10 Å². The van der Waals surface area contributed by atoms with Gasteiger partial charge in [-0.1, -0.05) is 30.3 Å². The van der Waals surface area contributed by atoms with Crippen LogP contribution in [-0.4, -0.2) is 25.1 Å². The minimum Gasteiger partial charge on any atom is -0.350 e. The number of nitrogens with one attached hydrogen (secondary N) is 2. The summed E-state index contributed by atoms with van der Waals surface area (Å²) in [5, 5.41) is 11.4. The van der Waals surface area contributed by atoms with Crippen LogP contribution in [0, 0.1) is 12.7 Å². The van der Waals surface area contributed by atoms with E-state index in [-0.39, 0.29) is 5.82 Å². The summed E-state index contributed by atoms with van der Waals surface area (Å²) in [5.74, 6) is 1.24. The van der Waals surface area contributed by atoms with Crippen molar-refractivity contribution in [2.45, 2.75) is 13.5 Å². The van der Waals surface area contributed by atoms with Gasteiger partial charge in [0.2, 0.25) is 5.95 Å². The number of aromatic amines is 1. The van der Waals surface area contributed by atoms with Crippen LogP contribution in [0.4, 0.5) is 10.3 Å². The molecule has 0 amide bonds. The second-order valence-corrected chi connectivity index (χ2v) is 5.63. The molecule has 2 N–H and O–H groups in total. The third kappa shape index (κ3) is 3.16. The Morgan fingerprint density at radius 2 is 1.92 bits per heavy atom. The highest BCUT2D eigenvalue weighted by atomic mass is 19.1. The molecule has 2 heterocycles. The second-order valence-electron chi connectivity index (χ2n) is 5.63. The molecule has 0 aliphatic carbocycles. The topological polar surface area (TPSA) is 79.4 Å². The highest BCUT2D eigenvalue weighted by molar-refractivity contribution is 5.91. The molecule has 0 aliphatic rings. The van der Waals surface area contributed by atoms with Crippen molar-refractivity contribution in [2.24, 2.45) is 0 Å². The third-order valence-electron chi connectivity index (χ3n) is 3.77. The minimum absolute atomic E-state index is 0.269. The summed E-state index contributed by atoms with van der Waals surface area (Å²) in [6.45, 7) is 2.22. The lowest BCUT2D eigenvalue weighted by Crippen LogP contribution is -2.07. The van der Waals surface area contributed by atoms with E-state index in [2.05, 4.69) is 30.5 Å². The van der Waals surface area contributed by atoms with E-state index < -0.39 is 0 Å². The van der Waals surface area contributed by atoms with Gasteiger partial charge in [-0.15, -0.1) is 0 Å². The number of anilines is 1. The SMILES string of the molecule is Cc1nc(NCc2cccc(F)c2)nc(-c2n[nH]c3ccccc23)n1. The molecule has 0 saturated heterocycles. The van der Waals surface area contributed by atoms with Crippen LogP contribution in [0.15, 0.2) is 48.5 Å². The maximum atomic E-state index is 13.3. The zero-order valence-corrected chi connectivity index (χ0v) is 13.5. The Kier molecular flexibility index (Phi) is 3.81. The number of H-pyrrole nitrogens is 1. The molecule has 0 radical (unpaired) electrons. The van der Waals surface area contributed by atoms with E-state index in [9.17, 15) is 4.39 Å². The van der Waals surface area contributed by atoms with Crippen LogP contribution in [0.3, 0.4) is 0 Å². The minimum atomic E-state index is -0.269. The molecule has 0 fully saturated rings. The van der Waals surface area contributed by atoms with Crippen LogP contribution in [0.5, 0.6) is 0 Å². The lowest BCUT2D eigenvalue weighted by atomic mass is 10.2. The van der Waals surface area contributed by atoms with Crippen molar-refractivity contribution in [2.75, 3.05) is 5.32 Å². The number of hydrogen-bond acceptors (Lipinski definition) is 5. The summed E-state index contributed by atoms with van der Waals surface area (Å²) < 4.78 is 13.3. The number of para-hydroxylation sites is 1. The zero-order valence-electron chi connectivity index (χ0n) is 13.5. The fraction of sp³-hybridized carbons (Fsp3) is 0.111. The summed E-state index contributed by atoms with van der Waals surface area (Å²) in [4.78, 5) is 13.1. The molecule has 0 saturated carbocycles. The fourth-order valence-corrected chi connectivity index (χ4v) is 2.63. The van der Waals surface area contributed by atoms with E-state index in [4.69, 9.17) is 0 Å². The Morgan fingerprint density at radius 3 is 2.80 bits per heavy atom. The molecule has 124 valence electrons. The average Bonchev–Trinajstić information content (AvgIpc) is 3.04. The maximum absolute atomic E-state index is 13.3. The van der Waals surface area contributed by atoms with Gasteiger partial charge in [0.25, 0.3) is 0 Å². The largest absolute Gasteiger partial charge is 0.350 e. The second kappa shape index (κ2) is 6.27. The van der Waals surface area contributed by atoms with Gasteiger partial charge < -0.3 is 5.32 Å². The molecule has 0 bridgehead atoms. The van der Waals surface area contributed by atoms with Crippen molar-refractivity contribution >= 4 is 16.9 Å². The fourth-order valence-electron chi connectivity index (χ4n) is 2.63. The first kappa shape index (κ1) is 15.2. The molecule has 2 aromatic heterocycles. The van der Waals surface area contributed by atoms with Crippen LogP contribution in [0.1, 0.15) is 11.4 Å². The maximum Gasteiger partial charge on any atom is 0.226 e. The van der Waals surface area contributed by atoms with E-state index in [1.165, 1.54) is 12.1 Å². The monoisotopic (exact) mass is 334 g/mol. The Hall–Kier alpha value is -3.35. The van der Waals surface area contributed by atoms with Crippen molar-refractivity contribution in [1.82, 2.24) is 25.1 Å². The Balaban J connectivity index is 1.64. The van der Waals surface area contributed by atoms with Gasteiger partial charge in [0, 0.05) is 11.9 Å². The first-order chi connectivity index (χ1) is 12.2. The van der Waals surface area contributed by atoms with Gasteiger partial charge in [0.15, 0.2) is 5.82 Å². The van der Waals surface area contributed by atoms with Crippen LogP contribution in [-0.2, 0) is 6.54 Å². The molecule has 25 heavy (non-hydrogen) atoms. The molecule has 0 aliphatic heterocycles. The molecule has 4 rings (SSSR count). The Bertz CT molecular complexity index is 1040. The van der Waals surface area contributed by atoms with Crippen molar-refractivity contribution in [3.63, 3.8) is 0 Å². The van der Waals surface area contributed by atoms with E-state index in [0.29, 0.717) is 29.8 Å². The molecular weight excluding hydrogens is 319 g/mol. The lowest BCUT2D eigenvalue weighted by Gasteiger charge is -2.07. The summed E-state index contributed by atoms with van der Waals surface area (Å²) in [7, 11) is 0. The van der Waals surface area contributed by atoms with Gasteiger partial charge in [-0.25, -0.2) is 9.37 Å². The molecule has 0 unspecified atom stereocenters. The average molecular weight is 334 g/mol. The van der Waals surface area contributed by atoms with Gasteiger partial charge in [0.05, 0.1) is 5.52 Å². The predicted octanol–water partition coefficient (Wildman–Crippen LogP) is 3.47. The van der Waals surface area contributed by atoms with Crippen LogP contribution >= 0.6 is 0 Å². The van der Waals surface area contributed by atoms with Crippen molar-refractivity contribution in [1.29, 1.82) is 0 Å². The first-order valence-electron chi connectivity index (χ1n) is 7.83. The Morgan fingerprint density at radius 1 is 1.04 bits per heavy atom. The molecule has 4 aromatic rings. The number of hydrogen-bond donors (Lipinski definition) is 2. The van der Waals surface area contributed by atoms with E-state index >= 15 is 0 Å². The summed E-state index contributed by atoms with van der Waals surface area (Å²) >= 11 is 0. The quantitative estimate of drug-likeness (QED) is 0.597. The van der Waals surface area contributed by atoms with Gasteiger partial charge >= 0.3 is 0 Å². The van der Waals surface area contributed by atoms with Crippen LogP contribution < -0.4 is 5.32 Å².